The molecule has 0 radical (unpaired) electrons. The first kappa shape index (κ1) is 22.3. The van der Waals surface area contributed by atoms with Crippen molar-refractivity contribution in [3.63, 3.8) is 0 Å². The van der Waals surface area contributed by atoms with Gasteiger partial charge >= 0.3 is 0 Å². The minimum atomic E-state index is 0. The average Bonchev–Trinajstić information content (AvgIpc) is 2.82. The van der Waals surface area contributed by atoms with E-state index in [1.807, 2.05) is 36.1 Å². The van der Waals surface area contributed by atoms with Crippen molar-refractivity contribution >= 4 is 53.8 Å². The normalized spacial score (nSPS) is 14.2. The van der Waals surface area contributed by atoms with Gasteiger partial charge in [-0.2, -0.15) is 0 Å². The second-order valence-corrected chi connectivity index (χ2v) is 7.62. The van der Waals surface area contributed by atoms with Crippen LogP contribution in [0.4, 0.5) is 0 Å². The SMILES string of the molecule is Cc1nc(CSc2ccccc2C(=O)N2CCCNCC2)cs1.Cl.Cl. The van der Waals surface area contributed by atoms with Crippen LogP contribution in [0.15, 0.2) is 34.5 Å². The minimum absolute atomic E-state index is 0. The molecule has 0 unspecified atom stereocenters. The maximum atomic E-state index is 12.9. The number of aromatic nitrogens is 1. The fourth-order valence-electron chi connectivity index (χ4n) is 2.61. The third-order valence-corrected chi connectivity index (χ3v) is 5.72. The van der Waals surface area contributed by atoms with Gasteiger partial charge in [0.2, 0.25) is 0 Å². The number of amides is 1. The molecule has 8 heteroatoms. The summed E-state index contributed by atoms with van der Waals surface area (Å²) in [6.45, 7) is 5.49. The Balaban J connectivity index is 0.00000156. The molecule has 1 fully saturated rings. The van der Waals surface area contributed by atoms with Crippen LogP contribution in [0, 0.1) is 6.92 Å². The Morgan fingerprint density at radius 1 is 1.28 bits per heavy atom. The molecule has 2 aromatic rings. The summed E-state index contributed by atoms with van der Waals surface area (Å²) in [5.74, 6) is 0.946. The maximum absolute atomic E-state index is 12.9. The summed E-state index contributed by atoms with van der Waals surface area (Å²) in [6, 6.07) is 7.91. The molecule has 25 heavy (non-hydrogen) atoms. The van der Waals surface area contributed by atoms with Crippen LogP contribution in [0.5, 0.6) is 0 Å². The highest BCUT2D eigenvalue weighted by molar-refractivity contribution is 7.98. The summed E-state index contributed by atoms with van der Waals surface area (Å²) in [4.78, 5) is 20.4. The zero-order valence-corrected chi connectivity index (χ0v) is 17.3. The van der Waals surface area contributed by atoms with Crippen molar-refractivity contribution in [2.45, 2.75) is 24.0 Å². The molecule has 2 heterocycles. The Labute approximate surface area is 169 Å². The predicted octanol–water partition coefficient (Wildman–Crippen LogP) is 4.02. The summed E-state index contributed by atoms with van der Waals surface area (Å²) in [5.41, 5.74) is 1.89. The van der Waals surface area contributed by atoms with Crippen molar-refractivity contribution in [1.29, 1.82) is 0 Å². The van der Waals surface area contributed by atoms with Crippen molar-refractivity contribution in [1.82, 2.24) is 15.2 Å². The lowest BCUT2D eigenvalue weighted by molar-refractivity contribution is 0.0763. The van der Waals surface area contributed by atoms with Gasteiger partial charge in [0.15, 0.2) is 0 Å². The van der Waals surface area contributed by atoms with Crippen LogP contribution in [0.1, 0.15) is 27.5 Å². The third-order valence-electron chi connectivity index (χ3n) is 3.79. The van der Waals surface area contributed by atoms with E-state index in [2.05, 4.69) is 15.7 Å². The van der Waals surface area contributed by atoms with E-state index in [1.54, 1.807) is 23.1 Å². The molecule has 1 aliphatic rings. The third kappa shape index (κ3) is 6.15. The smallest absolute Gasteiger partial charge is 0.255 e. The van der Waals surface area contributed by atoms with E-state index >= 15 is 0 Å². The molecule has 138 valence electrons. The Morgan fingerprint density at radius 3 is 2.84 bits per heavy atom. The lowest BCUT2D eigenvalue weighted by Gasteiger charge is -2.21. The number of hydrogen-bond acceptors (Lipinski definition) is 5. The minimum Gasteiger partial charge on any atom is -0.337 e. The van der Waals surface area contributed by atoms with Crippen LogP contribution in [0.3, 0.4) is 0 Å². The molecule has 1 N–H and O–H groups in total. The number of rotatable bonds is 4. The van der Waals surface area contributed by atoms with Crippen molar-refractivity contribution in [3.05, 3.63) is 45.9 Å². The predicted molar refractivity (Wildman–Crippen MR) is 111 cm³/mol. The summed E-state index contributed by atoms with van der Waals surface area (Å²) in [7, 11) is 0. The van der Waals surface area contributed by atoms with Crippen LogP contribution in [-0.2, 0) is 5.75 Å². The number of thiazole rings is 1. The van der Waals surface area contributed by atoms with Crippen molar-refractivity contribution in [2.24, 2.45) is 0 Å². The number of nitrogens with zero attached hydrogens (tertiary/aromatic N) is 2. The van der Waals surface area contributed by atoms with Gasteiger partial charge in [-0.05, 0) is 32.0 Å². The van der Waals surface area contributed by atoms with Gasteiger partial charge in [-0.15, -0.1) is 47.9 Å². The molecular formula is C17H23Cl2N3OS2. The number of benzene rings is 1. The number of carbonyl (C=O) groups is 1. The molecule has 0 bridgehead atoms. The van der Waals surface area contributed by atoms with Crippen LogP contribution < -0.4 is 5.32 Å². The molecule has 1 aromatic carbocycles. The fourth-order valence-corrected chi connectivity index (χ4v) is 4.27. The molecule has 0 atom stereocenters. The Morgan fingerprint density at radius 2 is 2.08 bits per heavy atom. The van der Waals surface area contributed by atoms with Crippen molar-refractivity contribution in [2.75, 3.05) is 26.2 Å². The number of halogens is 2. The summed E-state index contributed by atoms with van der Waals surface area (Å²) < 4.78 is 0. The van der Waals surface area contributed by atoms with E-state index in [1.165, 1.54) is 0 Å². The topological polar surface area (TPSA) is 45.2 Å². The molecule has 3 rings (SSSR count). The number of nitrogens with one attached hydrogen (secondary N) is 1. The Hall–Kier alpha value is -0.790. The van der Waals surface area contributed by atoms with Crippen LogP contribution in [-0.4, -0.2) is 42.0 Å². The molecule has 1 aliphatic heterocycles. The fraction of sp³-hybridized carbons (Fsp3) is 0.412. The lowest BCUT2D eigenvalue weighted by Crippen LogP contribution is -2.34. The van der Waals surface area contributed by atoms with Crippen LogP contribution in [0.25, 0.3) is 0 Å². The van der Waals surface area contributed by atoms with E-state index < -0.39 is 0 Å². The summed E-state index contributed by atoms with van der Waals surface area (Å²) >= 11 is 3.36. The highest BCUT2D eigenvalue weighted by Crippen LogP contribution is 2.27. The van der Waals surface area contributed by atoms with Crippen molar-refractivity contribution < 1.29 is 4.79 Å². The Kier molecular flexibility index (Phi) is 9.82. The summed E-state index contributed by atoms with van der Waals surface area (Å²) in [5, 5.41) is 6.52. The van der Waals surface area contributed by atoms with Gasteiger partial charge in [-0.1, -0.05) is 12.1 Å². The number of thioether (sulfide) groups is 1. The number of hydrogen-bond donors (Lipinski definition) is 1. The van der Waals surface area contributed by atoms with Gasteiger partial charge in [0, 0.05) is 35.7 Å². The standard InChI is InChI=1S/C17H21N3OS2.2ClH/c1-13-19-14(11-22-13)12-23-16-6-3-2-5-15(16)17(21)20-9-4-7-18-8-10-20;;/h2-3,5-6,11,18H,4,7-10,12H2,1H3;2*1H. The highest BCUT2D eigenvalue weighted by atomic mass is 35.5. The van der Waals surface area contributed by atoms with Crippen molar-refractivity contribution in [3.8, 4) is 0 Å². The molecule has 1 amide bonds. The molecule has 4 nitrogen and oxygen atoms in total. The van der Waals surface area contributed by atoms with Gasteiger partial charge in [-0.25, -0.2) is 4.98 Å². The highest BCUT2D eigenvalue weighted by Gasteiger charge is 2.19. The van der Waals surface area contributed by atoms with E-state index in [0.717, 1.165) is 59.5 Å². The largest absolute Gasteiger partial charge is 0.337 e. The number of carbonyl (C=O) groups excluding carboxylic acids is 1. The zero-order chi connectivity index (χ0) is 16.1. The number of aryl methyl sites for hydroxylation is 1. The quantitative estimate of drug-likeness (QED) is 0.759. The average molecular weight is 420 g/mol. The molecule has 1 saturated heterocycles. The van der Waals surface area contributed by atoms with Gasteiger partial charge in [0.25, 0.3) is 5.91 Å². The first-order valence-electron chi connectivity index (χ1n) is 7.87. The molecular weight excluding hydrogens is 397 g/mol. The second kappa shape index (κ2) is 11.0. The second-order valence-electron chi connectivity index (χ2n) is 5.54. The first-order valence-corrected chi connectivity index (χ1v) is 9.73. The molecule has 0 saturated carbocycles. The Bertz CT molecular complexity index is 673. The van der Waals surface area contributed by atoms with Gasteiger partial charge in [-0.3, -0.25) is 4.79 Å². The van der Waals surface area contributed by atoms with Gasteiger partial charge < -0.3 is 10.2 Å². The zero-order valence-electron chi connectivity index (χ0n) is 14.1. The van der Waals surface area contributed by atoms with E-state index in [-0.39, 0.29) is 30.7 Å². The van der Waals surface area contributed by atoms with Gasteiger partial charge in [0.05, 0.1) is 16.3 Å². The maximum Gasteiger partial charge on any atom is 0.255 e. The van der Waals surface area contributed by atoms with Crippen LogP contribution >= 0.6 is 47.9 Å². The monoisotopic (exact) mass is 419 g/mol. The van der Waals surface area contributed by atoms with E-state index in [4.69, 9.17) is 0 Å². The van der Waals surface area contributed by atoms with E-state index in [0.29, 0.717) is 0 Å². The lowest BCUT2D eigenvalue weighted by atomic mass is 10.2. The van der Waals surface area contributed by atoms with Gasteiger partial charge in [0.1, 0.15) is 0 Å². The van der Waals surface area contributed by atoms with E-state index in [9.17, 15) is 4.79 Å². The summed E-state index contributed by atoms with van der Waals surface area (Å²) in [6.07, 6.45) is 1.01. The molecule has 1 aromatic heterocycles. The van der Waals surface area contributed by atoms with Crippen LogP contribution in [0.2, 0.25) is 0 Å². The molecule has 0 spiro atoms. The first-order chi connectivity index (χ1) is 11.2. The molecule has 0 aliphatic carbocycles.